The lowest BCUT2D eigenvalue weighted by atomic mass is 9.88. The highest BCUT2D eigenvalue weighted by molar-refractivity contribution is 5.74. The molecule has 2 rings (SSSR count). The Morgan fingerprint density at radius 1 is 1.53 bits per heavy atom. The number of rotatable bonds is 2. The third-order valence-electron chi connectivity index (χ3n) is 3.80. The summed E-state index contributed by atoms with van der Waals surface area (Å²) < 4.78 is 5.03. The van der Waals surface area contributed by atoms with Gasteiger partial charge in [-0.05, 0) is 33.2 Å². The van der Waals surface area contributed by atoms with Gasteiger partial charge in [-0.3, -0.25) is 9.69 Å². The van der Waals surface area contributed by atoms with Gasteiger partial charge in [0.15, 0.2) is 0 Å². The van der Waals surface area contributed by atoms with Crippen LogP contribution in [0, 0.1) is 5.92 Å². The van der Waals surface area contributed by atoms with Gasteiger partial charge < -0.3 is 9.84 Å². The van der Waals surface area contributed by atoms with E-state index in [0.717, 1.165) is 12.8 Å². The van der Waals surface area contributed by atoms with Crippen molar-refractivity contribution >= 4 is 5.97 Å². The lowest BCUT2D eigenvalue weighted by molar-refractivity contribution is -0.158. The van der Waals surface area contributed by atoms with Crippen LogP contribution in [0.3, 0.4) is 0 Å². The first-order valence-electron chi connectivity index (χ1n) is 5.71. The number of esters is 1. The van der Waals surface area contributed by atoms with E-state index in [1.54, 1.807) is 6.92 Å². The highest BCUT2D eigenvalue weighted by atomic mass is 16.5. The molecule has 4 heteroatoms. The summed E-state index contributed by atoms with van der Waals surface area (Å²) >= 11 is 0. The molecule has 15 heavy (non-hydrogen) atoms. The van der Waals surface area contributed by atoms with Crippen LogP contribution in [0.15, 0.2) is 0 Å². The van der Waals surface area contributed by atoms with Gasteiger partial charge in [0.25, 0.3) is 0 Å². The minimum Gasteiger partial charge on any atom is -0.466 e. The molecule has 2 heterocycles. The number of hydrogen-bond donors (Lipinski definition) is 1. The molecule has 1 N–H and O–H groups in total. The number of aliphatic hydroxyl groups excluding tert-OH is 1. The van der Waals surface area contributed by atoms with E-state index >= 15 is 0 Å². The summed E-state index contributed by atoms with van der Waals surface area (Å²) in [6.45, 7) is 2.19. The van der Waals surface area contributed by atoms with Crippen LogP contribution in [-0.2, 0) is 9.53 Å². The topological polar surface area (TPSA) is 49.8 Å². The van der Waals surface area contributed by atoms with Gasteiger partial charge in [0.05, 0.1) is 18.6 Å². The zero-order valence-electron chi connectivity index (χ0n) is 9.35. The number of aliphatic hydroxyl groups is 1. The van der Waals surface area contributed by atoms with Crippen LogP contribution in [0.25, 0.3) is 0 Å². The Hall–Kier alpha value is -0.610. The number of carbonyl (C=O) groups is 1. The zero-order chi connectivity index (χ0) is 11.0. The highest BCUT2D eigenvalue weighted by Gasteiger charge is 2.48. The molecule has 0 aromatic heterocycles. The summed E-state index contributed by atoms with van der Waals surface area (Å²) in [7, 11) is 2.04. The van der Waals surface area contributed by atoms with E-state index in [2.05, 4.69) is 4.90 Å². The van der Waals surface area contributed by atoms with Crippen molar-refractivity contribution < 1.29 is 14.6 Å². The third-order valence-corrected chi connectivity index (χ3v) is 3.80. The number of carbonyl (C=O) groups excluding carboxylic acids is 1. The molecule has 2 aliphatic heterocycles. The molecule has 4 atom stereocenters. The fraction of sp³-hybridized carbons (Fsp3) is 0.909. The Kier molecular flexibility index (Phi) is 2.98. The molecule has 0 amide bonds. The first kappa shape index (κ1) is 10.9. The largest absolute Gasteiger partial charge is 0.466 e. The number of hydrogen-bond acceptors (Lipinski definition) is 4. The van der Waals surface area contributed by atoms with Crippen LogP contribution >= 0.6 is 0 Å². The summed E-state index contributed by atoms with van der Waals surface area (Å²) in [4.78, 5) is 14.0. The van der Waals surface area contributed by atoms with E-state index in [4.69, 9.17) is 4.74 Å². The van der Waals surface area contributed by atoms with Crippen molar-refractivity contribution in [1.82, 2.24) is 4.90 Å². The minimum atomic E-state index is -0.516. The Bertz CT molecular complexity index is 256. The standard InChI is InChI=1S/C11H19NO3/c1-3-15-11(14)10-8-5-4-7(12(8)2)6-9(10)13/h7-10,13H,3-6H2,1-2H3/t7?,8-,9?,10?/m0/s1. The second kappa shape index (κ2) is 4.10. The van der Waals surface area contributed by atoms with Crippen molar-refractivity contribution in [2.45, 2.75) is 44.4 Å². The summed E-state index contributed by atoms with van der Waals surface area (Å²) in [5.41, 5.74) is 0. The van der Waals surface area contributed by atoms with Crippen molar-refractivity contribution in [3.63, 3.8) is 0 Å². The van der Waals surface area contributed by atoms with Gasteiger partial charge >= 0.3 is 5.97 Å². The summed E-state index contributed by atoms with van der Waals surface area (Å²) in [5.74, 6) is -0.573. The Labute approximate surface area is 90.2 Å². The zero-order valence-corrected chi connectivity index (χ0v) is 9.35. The third kappa shape index (κ3) is 1.76. The van der Waals surface area contributed by atoms with Crippen molar-refractivity contribution in [2.24, 2.45) is 5.92 Å². The molecular formula is C11H19NO3. The van der Waals surface area contributed by atoms with Gasteiger partial charge in [0.2, 0.25) is 0 Å². The van der Waals surface area contributed by atoms with Crippen molar-refractivity contribution in [1.29, 1.82) is 0 Å². The van der Waals surface area contributed by atoms with Gasteiger partial charge in [-0.25, -0.2) is 0 Å². The lowest BCUT2D eigenvalue weighted by Crippen LogP contribution is -2.52. The monoisotopic (exact) mass is 213 g/mol. The van der Waals surface area contributed by atoms with Crippen LogP contribution in [0.1, 0.15) is 26.2 Å². The molecule has 2 aliphatic rings. The van der Waals surface area contributed by atoms with Gasteiger partial charge in [0, 0.05) is 12.1 Å². The van der Waals surface area contributed by atoms with Crippen LogP contribution in [0.5, 0.6) is 0 Å². The second-order valence-corrected chi connectivity index (χ2v) is 4.54. The van der Waals surface area contributed by atoms with E-state index < -0.39 is 6.10 Å². The Morgan fingerprint density at radius 2 is 2.27 bits per heavy atom. The molecular weight excluding hydrogens is 194 g/mol. The predicted octanol–water partition coefficient (Wildman–Crippen LogP) is 0.393. The molecule has 86 valence electrons. The molecule has 2 fully saturated rings. The molecule has 0 saturated carbocycles. The average Bonchev–Trinajstić information content (AvgIpc) is 2.46. The van der Waals surface area contributed by atoms with Gasteiger partial charge in [-0.1, -0.05) is 0 Å². The summed E-state index contributed by atoms with van der Waals surface area (Å²) in [6, 6.07) is 0.633. The minimum absolute atomic E-state index is 0.179. The SMILES string of the molecule is CCOC(=O)C1C(O)CC2CC[C@@H]1N2C. The molecule has 2 saturated heterocycles. The number of piperidine rings is 1. The van der Waals surface area contributed by atoms with Crippen molar-refractivity contribution in [2.75, 3.05) is 13.7 Å². The smallest absolute Gasteiger partial charge is 0.313 e. The maximum Gasteiger partial charge on any atom is 0.313 e. The van der Waals surface area contributed by atoms with E-state index in [1.165, 1.54) is 0 Å². The van der Waals surface area contributed by atoms with E-state index in [1.807, 2.05) is 7.05 Å². The number of nitrogens with zero attached hydrogens (tertiary/aromatic N) is 1. The first-order chi connectivity index (χ1) is 7.15. The van der Waals surface area contributed by atoms with Crippen LogP contribution in [0.2, 0.25) is 0 Å². The lowest BCUT2D eigenvalue weighted by Gasteiger charge is -2.39. The average molecular weight is 213 g/mol. The fourth-order valence-corrected chi connectivity index (χ4v) is 2.99. The maximum atomic E-state index is 11.7. The van der Waals surface area contributed by atoms with Crippen LogP contribution in [-0.4, -0.2) is 47.8 Å². The molecule has 0 aliphatic carbocycles. The molecule has 2 bridgehead atoms. The molecule has 0 radical (unpaired) electrons. The quantitative estimate of drug-likeness (QED) is 0.674. The second-order valence-electron chi connectivity index (χ2n) is 4.54. The molecule has 0 aromatic carbocycles. The van der Waals surface area contributed by atoms with Crippen LogP contribution in [0.4, 0.5) is 0 Å². The number of ether oxygens (including phenoxy) is 1. The molecule has 4 nitrogen and oxygen atoms in total. The molecule has 0 spiro atoms. The normalized spacial score (nSPS) is 40.5. The maximum absolute atomic E-state index is 11.7. The van der Waals surface area contributed by atoms with Crippen molar-refractivity contribution in [3.05, 3.63) is 0 Å². The number of fused-ring (bicyclic) bond motifs is 2. The highest BCUT2D eigenvalue weighted by Crippen LogP contribution is 2.38. The molecule has 3 unspecified atom stereocenters. The van der Waals surface area contributed by atoms with Gasteiger partial charge in [0.1, 0.15) is 0 Å². The van der Waals surface area contributed by atoms with Crippen molar-refractivity contribution in [3.8, 4) is 0 Å². The first-order valence-corrected chi connectivity index (χ1v) is 5.71. The van der Waals surface area contributed by atoms with E-state index in [9.17, 15) is 9.90 Å². The Morgan fingerprint density at radius 3 is 2.93 bits per heavy atom. The van der Waals surface area contributed by atoms with Crippen LogP contribution < -0.4 is 0 Å². The fourth-order valence-electron chi connectivity index (χ4n) is 2.99. The summed E-state index contributed by atoms with van der Waals surface area (Å²) in [5, 5.41) is 9.94. The predicted molar refractivity (Wildman–Crippen MR) is 55.3 cm³/mol. The van der Waals surface area contributed by atoms with Gasteiger partial charge in [-0.2, -0.15) is 0 Å². The van der Waals surface area contributed by atoms with Gasteiger partial charge in [-0.15, -0.1) is 0 Å². The summed E-state index contributed by atoms with van der Waals surface area (Å²) in [6.07, 6.45) is 2.28. The van der Waals surface area contributed by atoms with E-state index in [0.29, 0.717) is 19.1 Å². The van der Waals surface area contributed by atoms with E-state index in [-0.39, 0.29) is 17.9 Å². The Balaban J connectivity index is 2.12. The molecule has 0 aromatic rings.